The smallest absolute Gasteiger partial charge is 0.264 e. The molecule has 0 bridgehead atoms. The van der Waals surface area contributed by atoms with Gasteiger partial charge in [0, 0.05) is 12.6 Å². The van der Waals surface area contributed by atoms with Crippen LogP contribution in [0.3, 0.4) is 0 Å². The molecule has 3 aromatic rings. The zero-order valence-corrected chi connectivity index (χ0v) is 24.5. The van der Waals surface area contributed by atoms with Crippen molar-refractivity contribution in [2.45, 2.75) is 71.5 Å². The summed E-state index contributed by atoms with van der Waals surface area (Å²) in [4.78, 5) is 28.7. The van der Waals surface area contributed by atoms with Crippen molar-refractivity contribution in [3.63, 3.8) is 0 Å². The van der Waals surface area contributed by atoms with Gasteiger partial charge in [-0.25, -0.2) is 8.42 Å². The Morgan fingerprint density at radius 1 is 0.872 bits per heavy atom. The number of benzene rings is 3. The average Bonchev–Trinajstić information content (AvgIpc) is 2.90. The average molecular weight is 550 g/mol. The fourth-order valence-electron chi connectivity index (χ4n) is 4.37. The van der Waals surface area contributed by atoms with Crippen LogP contribution in [0, 0.1) is 20.8 Å². The quantitative estimate of drug-likeness (QED) is 0.359. The molecule has 0 aromatic heterocycles. The van der Waals surface area contributed by atoms with Gasteiger partial charge in [-0.15, -0.1) is 0 Å². The minimum absolute atomic E-state index is 0.0546. The molecule has 0 heterocycles. The molecule has 3 rings (SSSR count). The van der Waals surface area contributed by atoms with Crippen LogP contribution in [0.25, 0.3) is 0 Å². The second kappa shape index (κ2) is 12.9. The first kappa shape index (κ1) is 29.9. The van der Waals surface area contributed by atoms with E-state index in [1.165, 1.54) is 17.0 Å². The minimum Gasteiger partial charge on any atom is -0.352 e. The van der Waals surface area contributed by atoms with Crippen LogP contribution in [0.15, 0.2) is 77.7 Å². The number of aryl methyl sites for hydroxylation is 3. The van der Waals surface area contributed by atoms with Crippen LogP contribution in [-0.4, -0.2) is 43.8 Å². The van der Waals surface area contributed by atoms with Gasteiger partial charge in [0.15, 0.2) is 0 Å². The summed E-state index contributed by atoms with van der Waals surface area (Å²) in [5.41, 5.74) is 4.02. The molecule has 3 aromatic carbocycles. The summed E-state index contributed by atoms with van der Waals surface area (Å²) in [5, 5.41) is 2.95. The molecular formula is C31H39N3O4S. The Balaban J connectivity index is 2.05. The lowest BCUT2D eigenvalue weighted by Gasteiger charge is -2.33. The Bertz CT molecular complexity index is 1410. The van der Waals surface area contributed by atoms with Gasteiger partial charge in [-0.3, -0.25) is 13.9 Å². The molecule has 0 spiro atoms. The number of carbonyl (C=O) groups is 2. The SMILES string of the molecule is CC[C@H](C)NC(=O)[C@H](C)N(Cc1cccc(C)c1)C(=O)CN(c1ccc(C)cc1C)S(=O)(=O)c1ccccc1. The molecule has 0 saturated heterocycles. The number of sulfonamides is 1. The van der Waals surface area contributed by atoms with Gasteiger partial charge in [0.05, 0.1) is 10.6 Å². The Hall–Kier alpha value is -3.65. The number of nitrogens with one attached hydrogen (secondary N) is 1. The summed E-state index contributed by atoms with van der Waals surface area (Å²) in [5.74, 6) is -0.753. The van der Waals surface area contributed by atoms with E-state index in [-0.39, 0.29) is 23.4 Å². The van der Waals surface area contributed by atoms with Crippen LogP contribution in [0.1, 0.15) is 49.4 Å². The predicted molar refractivity (Wildman–Crippen MR) is 156 cm³/mol. The largest absolute Gasteiger partial charge is 0.352 e. The third-order valence-corrected chi connectivity index (χ3v) is 8.61. The lowest BCUT2D eigenvalue weighted by atomic mass is 10.1. The van der Waals surface area contributed by atoms with E-state index in [0.29, 0.717) is 5.69 Å². The van der Waals surface area contributed by atoms with Gasteiger partial charge in [0.25, 0.3) is 10.0 Å². The molecule has 0 saturated carbocycles. The normalized spacial score (nSPS) is 12.9. The molecule has 2 atom stereocenters. The van der Waals surface area contributed by atoms with E-state index in [1.54, 1.807) is 31.2 Å². The Kier molecular flexibility index (Phi) is 9.92. The van der Waals surface area contributed by atoms with Gasteiger partial charge in [0.1, 0.15) is 12.6 Å². The van der Waals surface area contributed by atoms with Crippen molar-refractivity contribution in [2.24, 2.45) is 0 Å². The lowest BCUT2D eigenvalue weighted by Crippen LogP contribution is -2.52. The molecule has 0 aliphatic rings. The number of anilines is 1. The van der Waals surface area contributed by atoms with Crippen LogP contribution in [0.2, 0.25) is 0 Å². The lowest BCUT2D eigenvalue weighted by molar-refractivity contribution is -0.139. The minimum atomic E-state index is -4.08. The summed E-state index contributed by atoms with van der Waals surface area (Å²) in [6, 6.07) is 20.4. The number of rotatable bonds is 11. The molecular weight excluding hydrogens is 510 g/mol. The van der Waals surface area contributed by atoms with Gasteiger partial charge in [0.2, 0.25) is 11.8 Å². The summed E-state index contributed by atoms with van der Waals surface area (Å²) < 4.78 is 28.9. The molecule has 0 fully saturated rings. The molecule has 0 unspecified atom stereocenters. The Morgan fingerprint density at radius 2 is 1.54 bits per heavy atom. The molecule has 0 aliphatic carbocycles. The van der Waals surface area contributed by atoms with Gasteiger partial charge < -0.3 is 10.2 Å². The predicted octanol–water partition coefficient (Wildman–Crippen LogP) is 5.14. The van der Waals surface area contributed by atoms with E-state index >= 15 is 0 Å². The van der Waals surface area contributed by atoms with Crippen molar-refractivity contribution in [2.75, 3.05) is 10.8 Å². The van der Waals surface area contributed by atoms with E-state index in [4.69, 9.17) is 0 Å². The van der Waals surface area contributed by atoms with E-state index in [1.807, 2.05) is 71.0 Å². The highest BCUT2D eigenvalue weighted by Gasteiger charge is 2.33. The summed E-state index contributed by atoms with van der Waals surface area (Å²) >= 11 is 0. The summed E-state index contributed by atoms with van der Waals surface area (Å²) in [7, 11) is -4.08. The standard InChI is InChI=1S/C31H39N3O4S/c1-7-25(5)32-31(36)26(6)33(20-27-13-11-12-22(2)19-27)30(35)21-34(29-17-16-23(3)18-24(29)4)39(37,38)28-14-9-8-10-15-28/h8-19,25-26H,7,20-21H2,1-6H3,(H,32,36)/t25-,26-/m0/s1. The van der Waals surface area contributed by atoms with Crippen molar-refractivity contribution in [1.29, 1.82) is 0 Å². The highest BCUT2D eigenvalue weighted by molar-refractivity contribution is 7.92. The van der Waals surface area contributed by atoms with Crippen LogP contribution >= 0.6 is 0 Å². The molecule has 0 radical (unpaired) electrons. The zero-order chi connectivity index (χ0) is 28.7. The first-order valence-electron chi connectivity index (χ1n) is 13.2. The maximum Gasteiger partial charge on any atom is 0.264 e. The zero-order valence-electron chi connectivity index (χ0n) is 23.6. The van der Waals surface area contributed by atoms with E-state index in [0.717, 1.165) is 33.0 Å². The number of nitrogens with zero attached hydrogens (tertiary/aromatic N) is 2. The first-order chi connectivity index (χ1) is 18.4. The molecule has 7 nitrogen and oxygen atoms in total. The number of hydrogen-bond donors (Lipinski definition) is 1. The molecule has 1 N–H and O–H groups in total. The summed E-state index contributed by atoms with van der Waals surface area (Å²) in [6.45, 7) is 11.0. The fraction of sp³-hybridized carbons (Fsp3) is 0.355. The molecule has 39 heavy (non-hydrogen) atoms. The van der Waals surface area contributed by atoms with E-state index < -0.39 is 28.5 Å². The van der Waals surface area contributed by atoms with Gasteiger partial charge in [-0.05, 0) is 70.4 Å². The summed E-state index contributed by atoms with van der Waals surface area (Å²) in [6.07, 6.45) is 0.750. The third-order valence-electron chi connectivity index (χ3n) is 6.83. The highest BCUT2D eigenvalue weighted by atomic mass is 32.2. The molecule has 8 heteroatoms. The first-order valence-corrected chi connectivity index (χ1v) is 14.7. The third kappa shape index (κ3) is 7.47. The van der Waals surface area contributed by atoms with Crippen LogP contribution in [0.4, 0.5) is 5.69 Å². The second-order valence-electron chi connectivity index (χ2n) is 10.1. The van der Waals surface area contributed by atoms with Gasteiger partial charge in [-0.1, -0.05) is 72.6 Å². The van der Waals surface area contributed by atoms with Crippen molar-refractivity contribution >= 4 is 27.5 Å². The van der Waals surface area contributed by atoms with E-state index in [2.05, 4.69) is 5.32 Å². The Labute approximate surface area is 232 Å². The van der Waals surface area contributed by atoms with Crippen molar-refractivity contribution in [3.05, 3.63) is 95.1 Å². The number of carbonyl (C=O) groups excluding carboxylic acids is 2. The number of hydrogen-bond acceptors (Lipinski definition) is 4. The maximum atomic E-state index is 14.0. The van der Waals surface area contributed by atoms with Gasteiger partial charge >= 0.3 is 0 Å². The molecule has 208 valence electrons. The van der Waals surface area contributed by atoms with Crippen LogP contribution in [0.5, 0.6) is 0 Å². The maximum absolute atomic E-state index is 14.0. The second-order valence-corrected chi connectivity index (χ2v) is 12.0. The fourth-order valence-corrected chi connectivity index (χ4v) is 5.87. The monoisotopic (exact) mass is 549 g/mol. The number of amides is 2. The van der Waals surface area contributed by atoms with Gasteiger partial charge in [-0.2, -0.15) is 0 Å². The van der Waals surface area contributed by atoms with E-state index in [9.17, 15) is 18.0 Å². The Morgan fingerprint density at radius 3 is 2.15 bits per heavy atom. The highest BCUT2D eigenvalue weighted by Crippen LogP contribution is 2.28. The van der Waals surface area contributed by atoms with Crippen molar-refractivity contribution in [3.8, 4) is 0 Å². The topological polar surface area (TPSA) is 86.8 Å². The van der Waals surface area contributed by atoms with Crippen LogP contribution < -0.4 is 9.62 Å². The van der Waals surface area contributed by atoms with Crippen LogP contribution in [-0.2, 0) is 26.2 Å². The molecule has 2 amide bonds. The van der Waals surface area contributed by atoms with Crippen molar-refractivity contribution < 1.29 is 18.0 Å². The molecule has 0 aliphatic heterocycles. The van der Waals surface area contributed by atoms with Crippen molar-refractivity contribution in [1.82, 2.24) is 10.2 Å².